The van der Waals surface area contributed by atoms with Crippen LogP contribution in [0.5, 0.6) is 11.6 Å². The molecule has 0 saturated carbocycles. The molecule has 0 spiro atoms. The number of hydrogen-bond donors (Lipinski definition) is 1. The molecule has 0 aliphatic rings. The van der Waals surface area contributed by atoms with Gasteiger partial charge in [0.05, 0.1) is 5.56 Å². The molecule has 0 aliphatic carbocycles. The molecule has 2 aromatic carbocycles. The molecule has 29 heavy (non-hydrogen) atoms. The first kappa shape index (κ1) is 20.6. The van der Waals surface area contributed by atoms with E-state index in [1.54, 1.807) is 12.1 Å². The van der Waals surface area contributed by atoms with E-state index in [1.165, 1.54) is 17.3 Å². The van der Waals surface area contributed by atoms with Crippen LogP contribution in [-0.2, 0) is 13.0 Å². The van der Waals surface area contributed by atoms with E-state index in [4.69, 9.17) is 10.5 Å². The molecular weight excluding hydrogens is 362 g/mol. The van der Waals surface area contributed by atoms with Crippen LogP contribution in [0.2, 0.25) is 0 Å². The number of benzene rings is 2. The van der Waals surface area contributed by atoms with E-state index in [0.717, 1.165) is 32.5 Å². The van der Waals surface area contributed by atoms with Gasteiger partial charge in [-0.25, -0.2) is 4.98 Å². The van der Waals surface area contributed by atoms with Crippen LogP contribution in [0.1, 0.15) is 34.8 Å². The first-order valence-electron chi connectivity index (χ1n) is 9.93. The number of nitrogens with two attached hydrogens (primary N) is 1. The SMILES string of the molecule is CCCN(CCc1ccc(Oc2ccc(C(N)=O)cn2)cc1)Cc1ccccc1. The number of aromatic nitrogens is 1. The van der Waals surface area contributed by atoms with Crippen molar-refractivity contribution in [2.24, 2.45) is 5.73 Å². The fourth-order valence-electron chi connectivity index (χ4n) is 3.15. The number of amides is 1. The molecular formula is C24H27N3O2. The van der Waals surface area contributed by atoms with Crippen molar-refractivity contribution in [2.45, 2.75) is 26.3 Å². The minimum absolute atomic E-state index is 0.361. The van der Waals surface area contributed by atoms with Gasteiger partial charge >= 0.3 is 0 Å². The van der Waals surface area contributed by atoms with E-state index < -0.39 is 5.91 Å². The quantitative estimate of drug-likeness (QED) is 0.557. The molecule has 3 rings (SSSR count). The molecule has 0 saturated heterocycles. The lowest BCUT2D eigenvalue weighted by molar-refractivity contribution is 0.1000. The van der Waals surface area contributed by atoms with Gasteiger partial charge in [-0.2, -0.15) is 0 Å². The zero-order valence-electron chi connectivity index (χ0n) is 16.8. The molecule has 150 valence electrons. The second kappa shape index (κ2) is 10.4. The Morgan fingerprint density at radius 3 is 2.34 bits per heavy atom. The number of nitrogens with zero attached hydrogens (tertiary/aromatic N) is 2. The van der Waals surface area contributed by atoms with E-state index in [0.29, 0.717) is 17.2 Å². The Kier molecular flexibility index (Phi) is 7.36. The molecule has 0 bridgehead atoms. The predicted octanol–water partition coefficient (Wildman–Crippen LogP) is 4.43. The highest BCUT2D eigenvalue weighted by Gasteiger charge is 2.07. The van der Waals surface area contributed by atoms with Crippen LogP contribution in [0.15, 0.2) is 72.9 Å². The highest BCUT2D eigenvalue weighted by molar-refractivity contribution is 5.92. The standard InChI is InChI=1S/C24H27N3O2/c1-2-15-27(18-20-6-4-3-5-7-20)16-14-19-8-11-22(12-9-19)29-23-13-10-21(17-26-23)24(25)28/h3-13,17H,2,14-16,18H2,1H3,(H2,25,28). The van der Waals surface area contributed by atoms with E-state index >= 15 is 0 Å². The summed E-state index contributed by atoms with van der Waals surface area (Å²) in [4.78, 5) is 17.7. The molecule has 0 aliphatic heterocycles. The van der Waals surface area contributed by atoms with Crippen molar-refractivity contribution in [3.05, 3.63) is 89.6 Å². The van der Waals surface area contributed by atoms with Gasteiger partial charge < -0.3 is 10.5 Å². The number of carbonyl (C=O) groups excluding carboxylic acids is 1. The average molecular weight is 389 g/mol. The zero-order chi connectivity index (χ0) is 20.5. The zero-order valence-corrected chi connectivity index (χ0v) is 16.8. The molecule has 0 atom stereocenters. The molecule has 5 nitrogen and oxygen atoms in total. The summed E-state index contributed by atoms with van der Waals surface area (Å²) in [6.07, 6.45) is 3.54. The minimum Gasteiger partial charge on any atom is -0.439 e. The van der Waals surface area contributed by atoms with E-state index in [2.05, 4.69) is 59.3 Å². The molecule has 1 amide bonds. The number of ether oxygens (including phenoxy) is 1. The van der Waals surface area contributed by atoms with Gasteiger partial charge in [-0.3, -0.25) is 9.69 Å². The fraction of sp³-hybridized carbons (Fsp3) is 0.250. The third kappa shape index (κ3) is 6.43. The number of pyridine rings is 1. The van der Waals surface area contributed by atoms with Crippen molar-refractivity contribution in [2.75, 3.05) is 13.1 Å². The van der Waals surface area contributed by atoms with Crippen molar-refractivity contribution >= 4 is 5.91 Å². The maximum Gasteiger partial charge on any atom is 0.250 e. The van der Waals surface area contributed by atoms with Gasteiger partial charge in [-0.15, -0.1) is 0 Å². The lowest BCUT2D eigenvalue weighted by atomic mass is 10.1. The topological polar surface area (TPSA) is 68.5 Å². The number of hydrogen-bond acceptors (Lipinski definition) is 4. The molecule has 0 unspecified atom stereocenters. The Hall–Kier alpha value is -3.18. The summed E-state index contributed by atoms with van der Waals surface area (Å²) in [6.45, 7) is 5.29. The maximum atomic E-state index is 11.1. The molecule has 0 radical (unpaired) electrons. The highest BCUT2D eigenvalue weighted by atomic mass is 16.5. The third-order valence-corrected chi connectivity index (χ3v) is 4.67. The van der Waals surface area contributed by atoms with Gasteiger partial charge in [0.1, 0.15) is 5.75 Å². The summed E-state index contributed by atoms with van der Waals surface area (Å²) in [5.74, 6) is 0.639. The Morgan fingerprint density at radius 1 is 0.966 bits per heavy atom. The van der Waals surface area contributed by atoms with Crippen LogP contribution in [0.3, 0.4) is 0 Å². The van der Waals surface area contributed by atoms with E-state index in [-0.39, 0.29) is 0 Å². The Morgan fingerprint density at radius 2 is 1.72 bits per heavy atom. The average Bonchev–Trinajstić information content (AvgIpc) is 2.74. The van der Waals surface area contributed by atoms with Crippen molar-refractivity contribution in [3.8, 4) is 11.6 Å². The lowest BCUT2D eigenvalue weighted by Gasteiger charge is -2.22. The molecule has 1 aromatic heterocycles. The van der Waals surface area contributed by atoms with Crippen molar-refractivity contribution in [3.63, 3.8) is 0 Å². The summed E-state index contributed by atoms with van der Waals surface area (Å²) < 4.78 is 5.74. The largest absolute Gasteiger partial charge is 0.439 e. The Bertz CT molecular complexity index is 894. The van der Waals surface area contributed by atoms with Crippen molar-refractivity contribution in [1.82, 2.24) is 9.88 Å². The van der Waals surface area contributed by atoms with Crippen LogP contribution in [0, 0.1) is 0 Å². The summed E-state index contributed by atoms with van der Waals surface area (Å²) in [5.41, 5.74) is 8.20. The summed E-state index contributed by atoms with van der Waals surface area (Å²) in [7, 11) is 0. The van der Waals surface area contributed by atoms with E-state index in [9.17, 15) is 4.79 Å². The normalized spacial score (nSPS) is 10.8. The maximum absolute atomic E-state index is 11.1. The molecule has 5 heteroatoms. The van der Waals surface area contributed by atoms with Crippen molar-refractivity contribution in [1.29, 1.82) is 0 Å². The van der Waals surface area contributed by atoms with Crippen molar-refractivity contribution < 1.29 is 9.53 Å². The van der Waals surface area contributed by atoms with Gasteiger partial charge in [-0.05, 0) is 48.7 Å². The molecule has 2 N–H and O–H groups in total. The minimum atomic E-state index is -0.502. The van der Waals surface area contributed by atoms with Gasteiger partial charge in [0.25, 0.3) is 0 Å². The Balaban J connectivity index is 1.54. The molecule has 0 fully saturated rings. The number of primary amides is 1. The second-order valence-electron chi connectivity index (χ2n) is 7.01. The Labute approximate surface area is 172 Å². The third-order valence-electron chi connectivity index (χ3n) is 4.67. The predicted molar refractivity (Wildman–Crippen MR) is 115 cm³/mol. The van der Waals surface area contributed by atoms with Gasteiger partial charge in [0.15, 0.2) is 0 Å². The van der Waals surface area contributed by atoms with Crippen LogP contribution < -0.4 is 10.5 Å². The second-order valence-corrected chi connectivity index (χ2v) is 7.01. The van der Waals surface area contributed by atoms with Crippen LogP contribution in [-0.4, -0.2) is 28.9 Å². The van der Waals surface area contributed by atoms with Gasteiger partial charge in [0, 0.05) is 25.4 Å². The van der Waals surface area contributed by atoms with Crippen LogP contribution in [0.25, 0.3) is 0 Å². The lowest BCUT2D eigenvalue weighted by Crippen LogP contribution is -2.26. The summed E-state index contributed by atoms with van der Waals surface area (Å²) >= 11 is 0. The summed E-state index contributed by atoms with van der Waals surface area (Å²) in [6, 6.07) is 21.9. The first-order chi connectivity index (χ1) is 14.1. The molecule has 3 aromatic rings. The molecule has 1 heterocycles. The first-order valence-corrected chi connectivity index (χ1v) is 9.93. The fourth-order valence-corrected chi connectivity index (χ4v) is 3.15. The number of carbonyl (C=O) groups is 1. The summed E-state index contributed by atoms with van der Waals surface area (Å²) in [5, 5.41) is 0. The number of rotatable bonds is 10. The van der Waals surface area contributed by atoms with Crippen LogP contribution >= 0.6 is 0 Å². The highest BCUT2D eigenvalue weighted by Crippen LogP contribution is 2.20. The van der Waals surface area contributed by atoms with Gasteiger partial charge in [-0.1, -0.05) is 49.4 Å². The smallest absolute Gasteiger partial charge is 0.250 e. The van der Waals surface area contributed by atoms with Gasteiger partial charge in [0.2, 0.25) is 11.8 Å². The van der Waals surface area contributed by atoms with Crippen LogP contribution in [0.4, 0.5) is 0 Å². The monoisotopic (exact) mass is 389 g/mol. The van der Waals surface area contributed by atoms with E-state index in [1.807, 2.05) is 12.1 Å².